The minimum atomic E-state index is -0.799. The number of anilines is 1. The van der Waals surface area contributed by atoms with E-state index in [0.29, 0.717) is 30.5 Å². The number of hydrogen-bond acceptors (Lipinski definition) is 7. The van der Waals surface area contributed by atoms with Crippen LogP contribution in [0, 0.1) is 29.5 Å². The van der Waals surface area contributed by atoms with Crippen LogP contribution in [0.25, 0.3) is 32.9 Å². The average Bonchev–Trinajstić information content (AvgIpc) is 3.57. The summed E-state index contributed by atoms with van der Waals surface area (Å²) in [6.45, 7) is 8.74. The summed E-state index contributed by atoms with van der Waals surface area (Å²) in [6, 6.07) is 11.0. The van der Waals surface area contributed by atoms with Crippen LogP contribution in [0.4, 0.5) is 15.0 Å². The molecule has 0 saturated carbocycles. The van der Waals surface area contributed by atoms with Crippen molar-refractivity contribution in [1.82, 2.24) is 19.7 Å². The molecule has 232 valence electrons. The molecule has 5 heterocycles. The van der Waals surface area contributed by atoms with Gasteiger partial charge in [0.2, 0.25) is 5.91 Å². The van der Waals surface area contributed by atoms with Gasteiger partial charge in [-0.3, -0.25) is 9.69 Å². The number of aryl methyl sites for hydroxylation is 1. The van der Waals surface area contributed by atoms with Gasteiger partial charge in [0, 0.05) is 42.6 Å². The average molecular weight is 611 g/mol. The van der Waals surface area contributed by atoms with Crippen molar-refractivity contribution >= 4 is 39.6 Å². The van der Waals surface area contributed by atoms with Crippen molar-refractivity contribution in [3.05, 3.63) is 53.5 Å². The number of hydrogen-bond donors (Lipinski definition) is 0. The zero-order valence-electron chi connectivity index (χ0n) is 25.9. The molecule has 3 aliphatic heterocycles. The summed E-state index contributed by atoms with van der Waals surface area (Å²) in [5, 5.41) is 16.7. The second-order valence-corrected chi connectivity index (χ2v) is 13.4. The molecule has 3 fully saturated rings. The molecular weight excluding hydrogens is 575 g/mol. The van der Waals surface area contributed by atoms with Gasteiger partial charge in [-0.2, -0.15) is 10.4 Å². The fourth-order valence-corrected chi connectivity index (χ4v) is 6.96. The van der Waals surface area contributed by atoms with Crippen molar-refractivity contribution in [3.8, 4) is 17.2 Å². The number of ether oxygens (including phenoxy) is 2. The maximum atomic E-state index is 15.5. The Morgan fingerprint density at radius 2 is 1.96 bits per heavy atom. The molecule has 7 rings (SSSR count). The van der Waals surface area contributed by atoms with Crippen LogP contribution in [0.2, 0.25) is 0 Å². The highest BCUT2D eigenvalue weighted by atomic mass is 19.1. The van der Waals surface area contributed by atoms with E-state index in [1.807, 2.05) is 23.7 Å². The third kappa shape index (κ3) is 4.70. The number of para-hydroxylation sites is 1. The fourth-order valence-electron chi connectivity index (χ4n) is 6.96. The van der Waals surface area contributed by atoms with Crippen LogP contribution in [0.15, 0.2) is 36.5 Å². The molecule has 3 aliphatic rings. The van der Waals surface area contributed by atoms with Crippen molar-refractivity contribution in [1.29, 1.82) is 5.26 Å². The van der Waals surface area contributed by atoms with Gasteiger partial charge in [-0.15, -0.1) is 0 Å². The normalized spacial score (nSPS) is 19.7. The van der Waals surface area contributed by atoms with Crippen LogP contribution in [0.3, 0.4) is 0 Å². The van der Waals surface area contributed by atoms with E-state index in [4.69, 9.17) is 14.6 Å². The van der Waals surface area contributed by atoms with Crippen molar-refractivity contribution in [2.75, 3.05) is 31.1 Å². The number of carbonyl (C=O) groups is 2. The quantitative estimate of drug-likeness (QED) is 0.270. The van der Waals surface area contributed by atoms with Gasteiger partial charge in [0.15, 0.2) is 12.0 Å². The standard InChI is InChI=1S/C34H35FN6O4/c1-20-11-12-25-23(17-37-41(25)26-10-5-6-15-44-26)27(20)28-21-8-7-9-24(35)29(21)38-30(22(28)16-36)40-14-13-34(31(40)42)18-39(19-34)32(43)45-33(2,3)4/h7-9,11-12,17,26H,5-6,10,13-15,18-19H2,1-4H3. The number of amides is 2. The molecule has 45 heavy (non-hydrogen) atoms. The molecule has 2 aromatic carbocycles. The number of nitriles is 1. The third-order valence-corrected chi connectivity index (χ3v) is 9.13. The molecule has 1 atom stereocenters. The van der Waals surface area contributed by atoms with E-state index >= 15 is 4.39 Å². The highest BCUT2D eigenvalue weighted by Crippen LogP contribution is 2.47. The molecule has 10 nitrogen and oxygen atoms in total. The van der Waals surface area contributed by atoms with E-state index in [1.54, 1.807) is 39.1 Å². The second-order valence-electron chi connectivity index (χ2n) is 13.4. The van der Waals surface area contributed by atoms with Crippen LogP contribution in [-0.2, 0) is 14.3 Å². The zero-order chi connectivity index (χ0) is 31.7. The molecule has 0 radical (unpaired) electrons. The van der Waals surface area contributed by atoms with Crippen LogP contribution in [0.5, 0.6) is 0 Å². The molecular formula is C34H35FN6O4. The van der Waals surface area contributed by atoms with E-state index < -0.39 is 22.9 Å². The van der Waals surface area contributed by atoms with Crippen molar-refractivity contribution in [2.45, 2.75) is 65.2 Å². The van der Waals surface area contributed by atoms with Crippen LogP contribution in [-0.4, -0.2) is 63.5 Å². The number of pyridine rings is 1. The smallest absolute Gasteiger partial charge is 0.410 e. The van der Waals surface area contributed by atoms with Crippen molar-refractivity contribution < 1.29 is 23.5 Å². The highest BCUT2D eigenvalue weighted by Gasteiger charge is 2.57. The Balaban J connectivity index is 1.34. The number of halogens is 1. The SMILES string of the molecule is Cc1ccc2c(cnn2C2CCCCO2)c1-c1c(C#N)c(N2CCC3(CN(C(=O)OC(C)(C)C)C3)C2=O)nc2c(F)cccc12. The predicted molar refractivity (Wildman–Crippen MR) is 166 cm³/mol. The molecule has 4 aromatic rings. The minimum absolute atomic E-state index is 0.0821. The lowest BCUT2D eigenvalue weighted by Gasteiger charge is -2.46. The maximum absolute atomic E-state index is 15.5. The largest absolute Gasteiger partial charge is 0.444 e. The van der Waals surface area contributed by atoms with Gasteiger partial charge in [0.05, 0.1) is 17.1 Å². The zero-order valence-corrected chi connectivity index (χ0v) is 25.9. The Hall–Kier alpha value is -4.56. The lowest BCUT2D eigenvalue weighted by atomic mass is 9.78. The topological polar surface area (TPSA) is 114 Å². The van der Waals surface area contributed by atoms with Gasteiger partial charge in [0.1, 0.15) is 28.6 Å². The van der Waals surface area contributed by atoms with Gasteiger partial charge >= 0.3 is 6.09 Å². The summed E-state index contributed by atoms with van der Waals surface area (Å²) in [5.74, 6) is -0.649. The number of rotatable bonds is 3. The second kappa shape index (κ2) is 10.5. The summed E-state index contributed by atoms with van der Waals surface area (Å²) in [4.78, 5) is 34.3. The van der Waals surface area contributed by atoms with Gasteiger partial charge in [-0.05, 0) is 76.6 Å². The van der Waals surface area contributed by atoms with Gasteiger partial charge in [0.25, 0.3) is 0 Å². The lowest BCUT2D eigenvalue weighted by Crippen LogP contribution is -2.62. The van der Waals surface area contributed by atoms with Crippen LogP contribution >= 0.6 is 0 Å². The number of carbonyl (C=O) groups excluding carboxylic acids is 2. The first-order valence-electron chi connectivity index (χ1n) is 15.4. The number of aromatic nitrogens is 3. The van der Waals surface area contributed by atoms with E-state index in [-0.39, 0.29) is 42.1 Å². The molecule has 1 unspecified atom stereocenters. The van der Waals surface area contributed by atoms with Gasteiger partial charge in [-0.1, -0.05) is 18.2 Å². The third-order valence-electron chi connectivity index (χ3n) is 9.13. The number of fused-ring (bicyclic) bond motifs is 2. The van der Waals surface area contributed by atoms with Gasteiger partial charge in [-0.25, -0.2) is 18.9 Å². The monoisotopic (exact) mass is 610 g/mol. The first-order chi connectivity index (χ1) is 21.5. The number of likely N-dealkylation sites (tertiary alicyclic amines) is 1. The molecule has 11 heteroatoms. The van der Waals surface area contributed by atoms with E-state index in [2.05, 4.69) is 11.1 Å². The maximum Gasteiger partial charge on any atom is 0.410 e. The molecule has 0 bridgehead atoms. The Bertz CT molecular complexity index is 1910. The molecule has 0 aliphatic carbocycles. The summed E-state index contributed by atoms with van der Waals surface area (Å²) in [5.41, 5.74) is 1.81. The van der Waals surface area contributed by atoms with Crippen molar-refractivity contribution in [3.63, 3.8) is 0 Å². The van der Waals surface area contributed by atoms with E-state index in [1.165, 1.54) is 15.9 Å². The summed E-state index contributed by atoms with van der Waals surface area (Å²) >= 11 is 0. The molecule has 2 aromatic heterocycles. The fraction of sp³-hybridized carbons (Fsp3) is 0.441. The number of benzene rings is 2. The Morgan fingerprint density at radius 3 is 2.67 bits per heavy atom. The van der Waals surface area contributed by atoms with E-state index in [9.17, 15) is 14.9 Å². The highest BCUT2D eigenvalue weighted by molar-refractivity contribution is 6.10. The predicted octanol–water partition coefficient (Wildman–Crippen LogP) is 6.24. The molecule has 1 spiro atoms. The minimum Gasteiger partial charge on any atom is -0.444 e. The Kier molecular flexibility index (Phi) is 6.82. The van der Waals surface area contributed by atoms with E-state index in [0.717, 1.165) is 41.3 Å². The Labute approximate surface area is 260 Å². The van der Waals surface area contributed by atoms with Crippen LogP contribution in [0.1, 0.15) is 63.8 Å². The number of nitrogens with zero attached hydrogens (tertiary/aromatic N) is 6. The van der Waals surface area contributed by atoms with Gasteiger partial charge < -0.3 is 14.4 Å². The molecule has 0 N–H and O–H groups in total. The summed E-state index contributed by atoms with van der Waals surface area (Å²) in [6.07, 6.45) is 4.50. The lowest BCUT2D eigenvalue weighted by molar-refractivity contribution is -0.134. The Morgan fingerprint density at radius 1 is 1.16 bits per heavy atom. The molecule has 2 amide bonds. The van der Waals surface area contributed by atoms with Crippen LogP contribution < -0.4 is 4.90 Å². The summed E-state index contributed by atoms with van der Waals surface area (Å²) in [7, 11) is 0. The first kappa shape index (κ1) is 29.2. The van der Waals surface area contributed by atoms with Crippen molar-refractivity contribution in [2.24, 2.45) is 5.41 Å². The first-order valence-corrected chi connectivity index (χ1v) is 15.4. The molecule has 3 saturated heterocycles. The summed E-state index contributed by atoms with van der Waals surface area (Å²) < 4.78 is 28.9.